The molecule has 6 nitrogen and oxygen atoms in total. The Bertz CT molecular complexity index is 640. The van der Waals surface area contributed by atoms with Gasteiger partial charge in [0.2, 0.25) is 5.95 Å². The highest BCUT2D eigenvalue weighted by atomic mass is 16.5. The number of anilines is 1. The third kappa shape index (κ3) is 3.25. The molecule has 2 aliphatic rings. The maximum Gasteiger partial charge on any atom is 0.225 e. The number of morpholine rings is 1. The van der Waals surface area contributed by atoms with Crippen molar-refractivity contribution in [3.05, 3.63) is 48.5 Å². The maximum absolute atomic E-state index is 6.08. The Labute approximate surface area is 141 Å². The second-order valence-electron chi connectivity index (χ2n) is 6.36. The van der Waals surface area contributed by atoms with Crippen molar-refractivity contribution < 1.29 is 9.47 Å². The van der Waals surface area contributed by atoms with Crippen LogP contribution in [-0.2, 0) is 16.1 Å². The molecule has 2 fully saturated rings. The first-order chi connectivity index (χ1) is 11.9. The van der Waals surface area contributed by atoms with Gasteiger partial charge in [-0.25, -0.2) is 9.97 Å². The summed E-state index contributed by atoms with van der Waals surface area (Å²) in [6.07, 6.45) is 9.66. The molecule has 3 heterocycles. The number of ether oxygens (including phenoxy) is 2. The second kappa shape index (κ2) is 7.23. The van der Waals surface area contributed by atoms with E-state index >= 15 is 0 Å². The Balaban J connectivity index is 1.36. The van der Waals surface area contributed by atoms with Crippen LogP contribution in [0.1, 0.15) is 18.4 Å². The fourth-order valence-electron chi connectivity index (χ4n) is 3.74. The van der Waals surface area contributed by atoms with Crippen molar-refractivity contribution in [2.24, 2.45) is 5.92 Å². The van der Waals surface area contributed by atoms with Crippen LogP contribution in [0.15, 0.2) is 43.0 Å². The molecule has 0 amide bonds. The quantitative estimate of drug-likeness (QED) is 0.838. The van der Waals surface area contributed by atoms with E-state index in [9.17, 15) is 0 Å². The standard InChI is InChI=1S/C18H22N4O2/c1-3-14(11-19-6-1)12-23-13-15-4-5-16-17(15)24-10-9-22(16)18-20-7-2-8-21-18/h1-3,6-8,11,15-17H,4-5,9-10,12-13H2. The van der Waals surface area contributed by atoms with E-state index in [1.807, 2.05) is 24.4 Å². The molecule has 4 rings (SSSR count). The lowest BCUT2D eigenvalue weighted by Crippen LogP contribution is -2.51. The van der Waals surface area contributed by atoms with Crippen molar-refractivity contribution >= 4 is 5.95 Å². The predicted molar refractivity (Wildman–Crippen MR) is 89.5 cm³/mol. The number of nitrogens with zero attached hydrogens (tertiary/aromatic N) is 4. The third-order valence-electron chi connectivity index (χ3n) is 4.85. The van der Waals surface area contributed by atoms with E-state index in [4.69, 9.17) is 9.47 Å². The van der Waals surface area contributed by atoms with Gasteiger partial charge in [-0.2, -0.15) is 0 Å². The van der Waals surface area contributed by atoms with Crippen LogP contribution in [0.2, 0.25) is 0 Å². The van der Waals surface area contributed by atoms with Crippen LogP contribution in [0.25, 0.3) is 0 Å². The van der Waals surface area contributed by atoms with Crippen molar-refractivity contribution in [2.45, 2.75) is 31.6 Å². The van der Waals surface area contributed by atoms with Crippen LogP contribution in [0.5, 0.6) is 0 Å². The molecule has 3 unspecified atom stereocenters. The minimum Gasteiger partial charge on any atom is -0.376 e. The molecule has 126 valence electrons. The zero-order valence-electron chi connectivity index (χ0n) is 13.6. The summed E-state index contributed by atoms with van der Waals surface area (Å²) < 4.78 is 12.0. The molecule has 0 spiro atoms. The van der Waals surface area contributed by atoms with Crippen molar-refractivity contribution in [1.82, 2.24) is 15.0 Å². The van der Waals surface area contributed by atoms with Crippen molar-refractivity contribution in [3.8, 4) is 0 Å². The van der Waals surface area contributed by atoms with Gasteiger partial charge < -0.3 is 14.4 Å². The van der Waals surface area contributed by atoms with Gasteiger partial charge in [0.25, 0.3) is 0 Å². The molecule has 0 aromatic carbocycles. The first kappa shape index (κ1) is 15.5. The first-order valence-electron chi connectivity index (χ1n) is 8.54. The van der Waals surface area contributed by atoms with E-state index in [1.54, 1.807) is 18.6 Å². The molecule has 1 saturated heterocycles. The number of hydrogen-bond donors (Lipinski definition) is 0. The Morgan fingerprint density at radius 2 is 2.08 bits per heavy atom. The molecule has 1 aliphatic heterocycles. The molecule has 2 aromatic rings. The summed E-state index contributed by atoms with van der Waals surface area (Å²) in [6.45, 7) is 2.90. The fourth-order valence-corrected chi connectivity index (χ4v) is 3.74. The van der Waals surface area contributed by atoms with Gasteiger partial charge in [-0.15, -0.1) is 0 Å². The maximum atomic E-state index is 6.08. The third-order valence-corrected chi connectivity index (χ3v) is 4.85. The van der Waals surface area contributed by atoms with E-state index in [1.165, 1.54) is 0 Å². The number of pyridine rings is 1. The van der Waals surface area contributed by atoms with Gasteiger partial charge in [0.05, 0.1) is 32.0 Å². The Hall–Kier alpha value is -2.05. The average Bonchev–Trinajstić information content (AvgIpc) is 3.07. The van der Waals surface area contributed by atoms with Crippen LogP contribution in [-0.4, -0.2) is 46.9 Å². The normalized spacial score (nSPS) is 26.3. The van der Waals surface area contributed by atoms with Crippen LogP contribution in [0.3, 0.4) is 0 Å². The summed E-state index contributed by atoms with van der Waals surface area (Å²) in [5.41, 5.74) is 1.11. The summed E-state index contributed by atoms with van der Waals surface area (Å²) in [5.74, 6) is 1.24. The molecule has 0 N–H and O–H groups in total. The molecule has 24 heavy (non-hydrogen) atoms. The summed E-state index contributed by atoms with van der Waals surface area (Å²) in [7, 11) is 0. The summed E-state index contributed by atoms with van der Waals surface area (Å²) in [6, 6.07) is 6.18. The van der Waals surface area contributed by atoms with Gasteiger partial charge >= 0.3 is 0 Å². The predicted octanol–water partition coefficient (Wildman–Crippen LogP) is 2.07. The van der Waals surface area contributed by atoms with Gasteiger partial charge in [0.1, 0.15) is 0 Å². The highest BCUT2D eigenvalue weighted by molar-refractivity contribution is 5.33. The molecular formula is C18H22N4O2. The van der Waals surface area contributed by atoms with Crippen LogP contribution >= 0.6 is 0 Å². The number of rotatable bonds is 5. The first-order valence-corrected chi connectivity index (χ1v) is 8.54. The van der Waals surface area contributed by atoms with Crippen LogP contribution in [0, 0.1) is 5.92 Å². The Morgan fingerprint density at radius 1 is 1.17 bits per heavy atom. The summed E-state index contributed by atoms with van der Waals surface area (Å²) in [4.78, 5) is 15.2. The Kier molecular flexibility index (Phi) is 4.66. The zero-order valence-corrected chi connectivity index (χ0v) is 13.6. The van der Waals surface area contributed by atoms with Crippen LogP contribution < -0.4 is 4.90 Å². The minimum atomic E-state index is 0.205. The zero-order chi connectivity index (χ0) is 16.2. The highest BCUT2D eigenvalue weighted by Gasteiger charge is 2.43. The Morgan fingerprint density at radius 3 is 2.92 bits per heavy atom. The van der Waals surface area contributed by atoms with Crippen molar-refractivity contribution in [1.29, 1.82) is 0 Å². The molecule has 0 bridgehead atoms. The smallest absolute Gasteiger partial charge is 0.225 e. The van der Waals surface area contributed by atoms with E-state index in [0.29, 0.717) is 18.6 Å². The minimum absolute atomic E-state index is 0.205. The number of hydrogen-bond acceptors (Lipinski definition) is 6. The lowest BCUT2D eigenvalue weighted by Gasteiger charge is -2.39. The van der Waals surface area contributed by atoms with E-state index in [-0.39, 0.29) is 6.10 Å². The highest BCUT2D eigenvalue weighted by Crippen LogP contribution is 2.36. The lowest BCUT2D eigenvalue weighted by molar-refractivity contribution is -0.0311. The number of aromatic nitrogens is 3. The largest absolute Gasteiger partial charge is 0.376 e. The molecule has 0 radical (unpaired) electrons. The molecular weight excluding hydrogens is 304 g/mol. The summed E-state index contributed by atoms with van der Waals surface area (Å²) in [5, 5.41) is 0. The van der Waals surface area contributed by atoms with Crippen molar-refractivity contribution in [3.63, 3.8) is 0 Å². The topological polar surface area (TPSA) is 60.4 Å². The van der Waals surface area contributed by atoms with E-state index < -0.39 is 0 Å². The van der Waals surface area contributed by atoms with E-state index in [0.717, 1.165) is 44.1 Å². The van der Waals surface area contributed by atoms with Gasteiger partial charge in [-0.05, 0) is 30.5 Å². The van der Waals surface area contributed by atoms with Gasteiger partial charge in [0, 0.05) is 37.3 Å². The molecule has 1 saturated carbocycles. The average molecular weight is 326 g/mol. The molecule has 3 atom stereocenters. The summed E-state index contributed by atoms with van der Waals surface area (Å²) >= 11 is 0. The molecule has 1 aliphatic carbocycles. The van der Waals surface area contributed by atoms with Gasteiger partial charge in [-0.3, -0.25) is 4.98 Å². The second-order valence-corrected chi connectivity index (χ2v) is 6.36. The fraction of sp³-hybridized carbons (Fsp3) is 0.500. The lowest BCUT2D eigenvalue weighted by atomic mass is 10.0. The SMILES string of the molecule is c1cnc(N2CCOC3C(COCc4cccnc4)CCC32)nc1. The van der Waals surface area contributed by atoms with Gasteiger partial charge in [-0.1, -0.05) is 6.07 Å². The van der Waals surface area contributed by atoms with E-state index in [2.05, 4.69) is 19.9 Å². The monoisotopic (exact) mass is 326 g/mol. The number of fused-ring (bicyclic) bond motifs is 1. The van der Waals surface area contributed by atoms with Crippen LogP contribution in [0.4, 0.5) is 5.95 Å². The molecule has 2 aromatic heterocycles. The molecule has 6 heteroatoms. The van der Waals surface area contributed by atoms with Crippen molar-refractivity contribution in [2.75, 3.05) is 24.7 Å². The van der Waals surface area contributed by atoms with Gasteiger partial charge in [0.15, 0.2) is 0 Å².